The highest BCUT2D eigenvalue weighted by atomic mass is 16.4. The Morgan fingerprint density at radius 2 is 1.54 bits per heavy atom. The van der Waals surface area contributed by atoms with Crippen molar-refractivity contribution in [3.05, 3.63) is 33.9 Å². The average Bonchev–Trinajstić information content (AvgIpc) is 3.56. The van der Waals surface area contributed by atoms with Crippen molar-refractivity contribution in [1.29, 1.82) is 0 Å². The van der Waals surface area contributed by atoms with Crippen molar-refractivity contribution >= 4 is 5.97 Å². The van der Waals surface area contributed by atoms with Gasteiger partial charge in [0.05, 0.1) is 5.41 Å². The summed E-state index contributed by atoms with van der Waals surface area (Å²) in [5, 5.41) is 9.32. The molecule has 1 aromatic rings. The van der Waals surface area contributed by atoms with Gasteiger partial charge in [-0.1, -0.05) is 32.3 Å². The monoisotopic (exact) mass is 384 g/mol. The number of unbranched alkanes of at least 4 members (excludes halogenated alkanes) is 3. The van der Waals surface area contributed by atoms with Gasteiger partial charge in [-0.05, 0) is 118 Å². The first-order valence-electron chi connectivity index (χ1n) is 11.6. The molecule has 2 saturated carbocycles. The Morgan fingerprint density at radius 3 is 2.14 bits per heavy atom. The van der Waals surface area contributed by atoms with Gasteiger partial charge in [0.25, 0.3) is 0 Å². The molecule has 0 aromatic heterocycles. The third-order valence-corrected chi connectivity index (χ3v) is 7.85. The van der Waals surface area contributed by atoms with Gasteiger partial charge in [-0.15, -0.1) is 0 Å². The van der Waals surface area contributed by atoms with E-state index in [4.69, 9.17) is 0 Å². The van der Waals surface area contributed by atoms with Crippen LogP contribution < -0.4 is 0 Å². The van der Waals surface area contributed by atoms with Crippen molar-refractivity contribution in [3.8, 4) is 0 Å². The topological polar surface area (TPSA) is 37.3 Å². The van der Waals surface area contributed by atoms with Crippen molar-refractivity contribution < 1.29 is 9.90 Å². The van der Waals surface area contributed by atoms with E-state index in [-0.39, 0.29) is 5.41 Å². The predicted molar refractivity (Wildman–Crippen MR) is 117 cm³/mol. The van der Waals surface area contributed by atoms with E-state index in [2.05, 4.69) is 33.8 Å². The molecule has 0 saturated heterocycles. The molecular weight excluding hydrogens is 344 g/mol. The van der Waals surface area contributed by atoms with Gasteiger partial charge >= 0.3 is 5.97 Å². The minimum atomic E-state index is -0.570. The van der Waals surface area contributed by atoms with Crippen LogP contribution in [0.5, 0.6) is 0 Å². The molecule has 0 bridgehead atoms. The summed E-state index contributed by atoms with van der Waals surface area (Å²) in [5.41, 5.74) is 7.88. The van der Waals surface area contributed by atoms with Crippen LogP contribution >= 0.6 is 0 Å². The first kappa shape index (κ1) is 21.4. The van der Waals surface area contributed by atoms with Crippen molar-refractivity contribution in [3.63, 3.8) is 0 Å². The lowest BCUT2D eigenvalue weighted by Gasteiger charge is -2.18. The molecule has 2 nitrogen and oxygen atoms in total. The molecule has 1 aromatic carbocycles. The maximum absolute atomic E-state index is 11.3. The van der Waals surface area contributed by atoms with Crippen LogP contribution in [0.4, 0.5) is 0 Å². The van der Waals surface area contributed by atoms with Crippen LogP contribution in [0.2, 0.25) is 0 Å². The number of hydrogen-bond donors (Lipinski definition) is 1. The quantitative estimate of drug-likeness (QED) is 0.390. The Labute approximate surface area is 172 Å². The molecule has 2 aliphatic carbocycles. The standard InChI is InChI=1S/C26H40O2/c1-19-18-22(10-6-5-8-13-26(16-17-26)24(27)28)23(21(3)20(19)2)11-7-9-12-25(4)14-15-25/h18H,5-17H2,1-4H3,(H,27,28). The number of carboxylic acid groups (broad SMARTS) is 1. The summed E-state index contributed by atoms with van der Waals surface area (Å²) in [6.45, 7) is 9.26. The van der Waals surface area contributed by atoms with Crippen LogP contribution in [0.1, 0.15) is 105 Å². The zero-order valence-electron chi connectivity index (χ0n) is 18.6. The fourth-order valence-corrected chi connectivity index (χ4v) is 4.78. The molecule has 1 N–H and O–H groups in total. The van der Waals surface area contributed by atoms with Gasteiger partial charge in [0, 0.05) is 0 Å². The van der Waals surface area contributed by atoms with E-state index in [1.807, 2.05) is 0 Å². The Bertz CT molecular complexity index is 708. The number of benzene rings is 1. The highest BCUT2D eigenvalue weighted by Crippen LogP contribution is 2.50. The first-order valence-corrected chi connectivity index (χ1v) is 11.6. The molecule has 2 fully saturated rings. The predicted octanol–water partition coefficient (Wildman–Crippen LogP) is 7.09. The number of carboxylic acids is 1. The van der Waals surface area contributed by atoms with Crippen molar-refractivity contribution in [2.75, 3.05) is 0 Å². The van der Waals surface area contributed by atoms with Crippen LogP contribution in [-0.2, 0) is 17.6 Å². The van der Waals surface area contributed by atoms with Crippen LogP contribution in [0.25, 0.3) is 0 Å². The molecule has 28 heavy (non-hydrogen) atoms. The van der Waals surface area contributed by atoms with Gasteiger partial charge < -0.3 is 5.11 Å². The number of rotatable bonds is 12. The molecule has 156 valence electrons. The van der Waals surface area contributed by atoms with E-state index < -0.39 is 5.97 Å². The number of aryl methyl sites for hydroxylation is 2. The smallest absolute Gasteiger partial charge is 0.309 e. The van der Waals surface area contributed by atoms with Gasteiger partial charge in [0.15, 0.2) is 0 Å². The Kier molecular flexibility index (Phi) is 6.57. The summed E-state index contributed by atoms with van der Waals surface area (Å²) >= 11 is 0. The minimum Gasteiger partial charge on any atom is -0.481 e. The maximum atomic E-state index is 11.3. The Balaban J connectivity index is 1.50. The molecule has 0 atom stereocenters. The summed E-state index contributed by atoms with van der Waals surface area (Å²) in [6.07, 6.45) is 15.4. The zero-order chi connectivity index (χ0) is 20.4. The van der Waals surface area contributed by atoms with E-state index in [0.717, 1.165) is 38.5 Å². The van der Waals surface area contributed by atoms with Crippen molar-refractivity contribution in [2.24, 2.45) is 10.8 Å². The highest BCUT2D eigenvalue weighted by Gasteiger charge is 2.49. The fraction of sp³-hybridized carbons (Fsp3) is 0.731. The van der Waals surface area contributed by atoms with Crippen LogP contribution in [0.3, 0.4) is 0 Å². The first-order chi connectivity index (χ1) is 13.3. The molecule has 0 unspecified atom stereocenters. The van der Waals surface area contributed by atoms with Crippen LogP contribution in [0, 0.1) is 31.6 Å². The lowest BCUT2D eigenvalue weighted by Crippen LogP contribution is -2.14. The Hall–Kier alpha value is -1.31. The largest absolute Gasteiger partial charge is 0.481 e. The summed E-state index contributed by atoms with van der Waals surface area (Å²) in [4.78, 5) is 11.3. The molecule has 0 amide bonds. The van der Waals surface area contributed by atoms with E-state index in [1.165, 1.54) is 61.6 Å². The van der Waals surface area contributed by atoms with Gasteiger partial charge in [-0.3, -0.25) is 4.79 Å². The molecule has 0 aliphatic heterocycles. The van der Waals surface area contributed by atoms with Crippen LogP contribution in [-0.4, -0.2) is 11.1 Å². The van der Waals surface area contributed by atoms with Gasteiger partial charge in [-0.2, -0.15) is 0 Å². The third kappa shape index (κ3) is 5.19. The number of hydrogen-bond acceptors (Lipinski definition) is 1. The summed E-state index contributed by atoms with van der Waals surface area (Å²) in [5.74, 6) is -0.570. The second-order valence-electron chi connectivity index (χ2n) is 10.2. The average molecular weight is 385 g/mol. The van der Waals surface area contributed by atoms with Crippen molar-refractivity contribution in [2.45, 2.75) is 111 Å². The van der Waals surface area contributed by atoms with E-state index >= 15 is 0 Å². The zero-order valence-corrected chi connectivity index (χ0v) is 18.6. The van der Waals surface area contributed by atoms with Crippen molar-refractivity contribution in [1.82, 2.24) is 0 Å². The molecule has 2 heteroatoms. The second kappa shape index (κ2) is 8.59. The summed E-state index contributed by atoms with van der Waals surface area (Å²) in [6, 6.07) is 2.43. The number of aliphatic carboxylic acids is 1. The fourth-order valence-electron chi connectivity index (χ4n) is 4.78. The SMILES string of the molecule is Cc1cc(CCCCCC2(C(=O)O)CC2)c(CCCCC2(C)CC2)c(C)c1C. The molecule has 3 rings (SSSR count). The number of carbonyl (C=O) groups is 1. The lowest BCUT2D eigenvalue weighted by atomic mass is 9.87. The van der Waals surface area contributed by atoms with Gasteiger partial charge in [0.2, 0.25) is 0 Å². The Morgan fingerprint density at radius 1 is 0.893 bits per heavy atom. The molecule has 2 aliphatic rings. The molecule has 0 heterocycles. The minimum absolute atomic E-state index is 0.347. The van der Waals surface area contributed by atoms with E-state index in [0.29, 0.717) is 5.41 Å². The van der Waals surface area contributed by atoms with Gasteiger partial charge in [0.1, 0.15) is 0 Å². The lowest BCUT2D eigenvalue weighted by molar-refractivity contribution is -0.143. The third-order valence-electron chi connectivity index (χ3n) is 7.85. The van der Waals surface area contributed by atoms with E-state index in [9.17, 15) is 9.90 Å². The van der Waals surface area contributed by atoms with Crippen LogP contribution in [0.15, 0.2) is 6.07 Å². The summed E-state index contributed by atoms with van der Waals surface area (Å²) < 4.78 is 0. The molecule has 0 radical (unpaired) electrons. The maximum Gasteiger partial charge on any atom is 0.309 e. The molecule has 0 spiro atoms. The van der Waals surface area contributed by atoms with E-state index in [1.54, 1.807) is 11.1 Å². The summed E-state index contributed by atoms with van der Waals surface area (Å²) in [7, 11) is 0. The normalized spacial score (nSPS) is 18.9. The second-order valence-corrected chi connectivity index (χ2v) is 10.2. The molecular formula is C26H40O2. The van der Waals surface area contributed by atoms with Gasteiger partial charge in [-0.25, -0.2) is 0 Å². The highest BCUT2D eigenvalue weighted by molar-refractivity contribution is 5.77.